The summed E-state index contributed by atoms with van der Waals surface area (Å²) in [7, 11) is 1.65. The Kier molecular flexibility index (Phi) is 5.66. The summed E-state index contributed by atoms with van der Waals surface area (Å²) in [6, 6.07) is 11.6. The minimum absolute atomic E-state index is 0.0460. The summed E-state index contributed by atoms with van der Waals surface area (Å²) >= 11 is 0. The number of hydrogen-bond acceptors (Lipinski definition) is 4. The molecule has 1 aromatic heterocycles. The second-order valence-corrected chi connectivity index (χ2v) is 6.09. The molecule has 1 fully saturated rings. The number of ether oxygens (including phenoxy) is 2. The molecule has 0 spiro atoms. The summed E-state index contributed by atoms with van der Waals surface area (Å²) in [4.78, 5) is 19.2. The standard InChI is InChI=1S/C20H24N2O3/c1-3-22(20(23)18-7-5-13-25-18)19(16-6-4-12-21-14-16)15-8-10-17(24-2)11-9-15/h4,6,8-12,14,18-19H,3,5,7,13H2,1-2H3/t18-,19-/m0/s1. The molecule has 0 bridgehead atoms. The topological polar surface area (TPSA) is 51.7 Å². The van der Waals surface area contributed by atoms with E-state index in [9.17, 15) is 4.79 Å². The van der Waals surface area contributed by atoms with E-state index in [0.29, 0.717) is 13.2 Å². The summed E-state index contributed by atoms with van der Waals surface area (Å²) < 4.78 is 10.9. The van der Waals surface area contributed by atoms with Crippen LogP contribution in [0.25, 0.3) is 0 Å². The average Bonchev–Trinajstić information content (AvgIpc) is 3.21. The Morgan fingerprint density at radius 1 is 1.32 bits per heavy atom. The number of aromatic nitrogens is 1. The molecule has 1 saturated heterocycles. The summed E-state index contributed by atoms with van der Waals surface area (Å²) in [5, 5.41) is 0. The number of likely N-dealkylation sites (N-methyl/N-ethyl adjacent to an activating group) is 1. The summed E-state index contributed by atoms with van der Waals surface area (Å²) in [5.41, 5.74) is 2.02. The normalized spacial score (nSPS) is 17.9. The van der Waals surface area contributed by atoms with Gasteiger partial charge >= 0.3 is 0 Å². The molecule has 0 radical (unpaired) electrons. The highest BCUT2D eigenvalue weighted by Crippen LogP contribution is 2.31. The van der Waals surface area contributed by atoms with E-state index in [-0.39, 0.29) is 18.1 Å². The number of amides is 1. The lowest BCUT2D eigenvalue weighted by molar-refractivity contribution is -0.142. The number of carbonyl (C=O) groups is 1. The maximum atomic E-state index is 13.0. The Hall–Kier alpha value is -2.40. The zero-order chi connectivity index (χ0) is 17.6. The molecule has 5 nitrogen and oxygen atoms in total. The van der Waals surface area contributed by atoms with Gasteiger partial charge in [0.2, 0.25) is 0 Å². The predicted molar refractivity (Wildman–Crippen MR) is 95.4 cm³/mol. The van der Waals surface area contributed by atoms with E-state index in [1.54, 1.807) is 13.3 Å². The third-order valence-corrected chi connectivity index (χ3v) is 4.57. The first-order valence-corrected chi connectivity index (χ1v) is 8.70. The van der Waals surface area contributed by atoms with Crippen molar-refractivity contribution in [1.82, 2.24) is 9.88 Å². The fourth-order valence-corrected chi connectivity index (χ4v) is 3.30. The first kappa shape index (κ1) is 17.4. The first-order valence-electron chi connectivity index (χ1n) is 8.70. The van der Waals surface area contributed by atoms with Gasteiger partial charge in [0.1, 0.15) is 11.9 Å². The Labute approximate surface area is 148 Å². The third kappa shape index (κ3) is 3.82. The molecule has 0 unspecified atom stereocenters. The van der Waals surface area contributed by atoms with Gasteiger partial charge in [-0.2, -0.15) is 0 Å². The highest BCUT2D eigenvalue weighted by Gasteiger charge is 2.33. The Balaban J connectivity index is 1.98. The van der Waals surface area contributed by atoms with Crippen molar-refractivity contribution in [2.45, 2.75) is 31.9 Å². The Bertz CT molecular complexity index is 682. The SMILES string of the molecule is CCN(C(=O)[C@@H]1CCCO1)[C@@H](c1ccc(OC)cc1)c1cccnc1. The van der Waals surface area contributed by atoms with E-state index >= 15 is 0 Å². The van der Waals surface area contributed by atoms with Crippen molar-refractivity contribution >= 4 is 5.91 Å². The van der Waals surface area contributed by atoms with Crippen LogP contribution in [-0.4, -0.2) is 42.2 Å². The summed E-state index contributed by atoms with van der Waals surface area (Å²) in [5.74, 6) is 0.840. The number of hydrogen-bond donors (Lipinski definition) is 0. The smallest absolute Gasteiger partial charge is 0.252 e. The van der Waals surface area contributed by atoms with Gasteiger partial charge in [0.05, 0.1) is 13.2 Å². The van der Waals surface area contributed by atoms with Gasteiger partial charge in [0, 0.05) is 25.5 Å². The number of pyridine rings is 1. The van der Waals surface area contributed by atoms with Crippen molar-refractivity contribution in [1.29, 1.82) is 0 Å². The molecular formula is C20H24N2O3. The van der Waals surface area contributed by atoms with Gasteiger partial charge < -0.3 is 14.4 Å². The van der Waals surface area contributed by atoms with Crippen molar-refractivity contribution in [2.24, 2.45) is 0 Å². The molecule has 0 aliphatic carbocycles. The number of carbonyl (C=O) groups excluding carboxylic acids is 1. The predicted octanol–water partition coefficient (Wildman–Crippen LogP) is 3.21. The zero-order valence-electron chi connectivity index (χ0n) is 14.7. The minimum Gasteiger partial charge on any atom is -0.497 e. The number of benzene rings is 1. The molecule has 0 saturated carbocycles. The first-order chi connectivity index (χ1) is 12.2. The minimum atomic E-state index is -0.336. The summed E-state index contributed by atoms with van der Waals surface area (Å²) in [6.07, 6.45) is 4.95. The van der Waals surface area contributed by atoms with Crippen LogP contribution in [-0.2, 0) is 9.53 Å². The summed E-state index contributed by atoms with van der Waals surface area (Å²) in [6.45, 7) is 3.26. The maximum Gasteiger partial charge on any atom is 0.252 e. The van der Waals surface area contributed by atoms with Crippen LogP contribution in [0, 0.1) is 0 Å². The fourth-order valence-electron chi connectivity index (χ4n) is 3.30. The van der Waals surface area contributed by atoms with Crippen LogP contribution in [0.15, 0.2) is 48.8 Å². The van der Waals surface area contributed by atoms with E-state index in [1.165, 1.54) is 0 Å². The van der Waals surface area contributed by atoms with Gasteiger partial charge in [-0.1, -0.05) is 18.2 Å². The maximum absolute atomic E-state index is 13.0. The molecule has 2 atom stereocenters. The van der Waals surface area contributed by atoms with E-state index < -0.39 is 0 Å². The Morgan fingerprint density at radius 3 is 2.68 bits per heavy atom. The lowest BCUT2D eigenvalue weighted by atomic mass is 9.97. The molecule has 1 aromatic carbocycles. The monoisotopic (exact) mass is 340 g/mol. The van der Waals surface area contributed by atoms with Crippen molar-refractivity contribution in [3.8, 4) is 5.75 Å². The number of methoxy groups -OCH3 is 1. The molecule has 1 aliphatic heterocycles. The largest absolute Gasteiger partial charge is 0.497 e. The molecule has 132 valence electrons. The molecule has 0 N–H and O–H groups in total. The van der Waals surface area contributed by atoms with Crippen LogP contribution in [0.2, 0.25) is 0 Å². The van der Waals surface area contributed by atoms with E-state index in [2.05, 4.69) is 4.98 Å². The highest BCUT2D eigenvalue weighted by atomic mass is 16.5. The van der Waals surface area contributed by atoms with Crippen LogP contribution in [0.4, 0.5) is 0 Å². The second-order valence-electron chi connectivity index (χ2n) is 6.09. The van der Waals surface area contributed by atoms with Gasteiger partial charge in [-0.15, -0.1) is 0 Å². The van der Waals surface area contributed by atoms with Gasteiger partial charge in [0.25, 0.3) is 5.91 Å². The van der Waals surface area contributed by atoms with Gasteiger partial charge in [-0.3, -0.25) is 9.78 Å². The van der Waals surface area contributed by atoms with Crippen LogP contribution in [0.1, 0.15) is 36.9 Å². The molecule has 25 heavy (non-hydrogen) atoms. The van der Waals surface area contributed by atoms with Gasteiger partial charge in [-0.05, 0) is 49.1 Å². The molecule has 2 heterocycles. The van der Waals surface area contributed by atoms with Crippen LogP contribution in [0.3, 0.4) is 0 Å². The molecule has 5 heteroatoms. The van der Waals surface area contributed by atoms with Crippen LogP contribution in [0.5, 0.6) is 5.75 Å². The fraction of sp³-hybridized carbons (Fsp3) is 0.400. The number of nitrogens with zero attached hydrogens (tertiary/aromatic N) is 2. The molecule has 2 aromatic rings. The lowest BCUT2D eigenvalue weighted by Gasteiger charge is -2.33. The van der Waals surface area contributed by atoms with Crippen LogP contribution < -0.4 is 4.74 Å². The van der Waals surface area contributed by atoms with E-state index in [1.807, 2.05) is 54.4 Å². The van der Waals surface area contributed by atoms with Crippen molar-refractivity contribution in [3.05, 3.63) is 59.9 Å². The molecule has 3 rings (SSSR count). The Morgan fingerprint density at radius 2 is 2.12 bits per heavy atom. The van der Waals surface area contributed by atoms with Gasteiger partial charge in [-0.25, -0.2) is 0 Å². The van der Waals surface area contributed by atoms with E-state index in [0.717, 1.165) is 29.7 Å². The third-order valence-electron chi connectivity index (χ3n) is 4.57. The number of rotatable bonds is 6. The lowest BCUT2D eigenvalue weighted by Crippen LogP contribution is -2.41. The van der Waals surface area contributed by atoms with Crippen LogP contribution >= 0.6 is 0 Å². The van der Waals surface area contributed by atoms with Crippen molar-refractivity contribution in [2.75, 3.05) is 20.3 Å². The highest BCUT2D eigenvalue weighted by molar-refractivity contribution is 5.82. The zero-order valence-corrected chi connectivity index (χ0v) is 14.7. The molecule has 1 aliphatic rings. The molecule has 1 amide bonds. The van der Waals surface area contributed by atoms with E-state index in [4.69, 9.17) is 9.47 Å². The second kappa shape index (κ2) is 8.12. The van der Waals surface area contributed by atoms with Crippen molar-refractivity contribution in [3.63, 3.8) is 0 Å². The van der Waals surface area contributed by atoms with Crippen molar-refractivity contribution < 1.29 is 14.3 Å². The quantitative estimate of drug-likeness (QED) is 0.810. The average molecular weight is 340 g/mol. The molecular weight excluding hydrogens is 316 g/mol. The van der Waals surface area contributed by atoms with Gasteiger partial charge in [0.15, 0.2) is 0 Å².